The molecule has 0 atom stereocenters. The summed E-state index contributed by atoms with van der Waals surface area (Å²) in [6, 6.07) is 0. The first-order chi connectivity index (χ1) is 4.36. The van der Waals surface area contributed by atoms with Crippen LogP contribution in [0, 0.1) is 6.57 Å². The molecule has 1 aromatic rings. The fraction of sp³-hybridized carbons (Fsp3) is 0.200. The largest absolute Gasteiger partial charge is 0.474 e. The van der Waals surface area contributed by atoms with Gasteiger partial charge in [-0.2, -0.15) is 0 Å². The number of ether oxygens (including phenoxy) is 1. The molecule has 0 saturated heterocycles. The van der Waals surface area contributed by atoms with Gasteiger partial charge in [-0.25, -0.2) is 9.83 Å². The van der Waals surface area contributed by atoms with Crippen molar-refractivity contribution in [2.75, 3.05) is 7.11 Å². The molecule has 0 spiro atoms. The van der Waals surface area contributed by atoms with Gasteiger partial charge in [0.2, 0.25) is 0 Å². The molecule has 1 rings (SSSR count). The Labute approximate surface area is 56.7 Å². The Hall–Kier alpha value is -1.08. The first-order valence-electron chi connectivity index (χ1n) is 2.24. The normalized spacial score (nSPS) is 8.44. The Balaban J connectivity index is 2.90. The van der Waals surface area contributed by atoms with Crippen molar-refractivity contribution in [1.82, 2.24) is 4.98 Å². The monoisotopic (exact) mass is 140 g/mol. The van der Waals surface area contributed by atoms with Crippen LogP contribution in [0.4, 0.5) is 5.00 Å². The molecule has 3 nitrogen and oxygen atoms in total. The Morgan fingerprint density at radius 1 is 1.89 bits per heavy atom. The van der Waals surface area contributed by atoms with E-state index in [9.17, 15) is 0 Å². The summed E-state index contributed by atoms with van der Waals surface area (Å²) in [5.41, 5.74) is 0. The van der Waals surface area contributed by atoms with E-state index in [4.69, 9.17) is 11.3 Å². The van der Waals surface area contributed by atoms with Crippen LogP contribution in [0.25, 0.3) is 4.85 Å². The molecule has 0 aromatic carbocycles. The SMILES string of the molecule is [C-]#[N+]c1cnc(OC)s1. The molecule has 0 saturated carbocycles. The first kappa shape index (κ1) is 6.05. The lowest BCUT2D eigenvalue weighted by Gasteiger charge is -1.85. The summed E-state index contributed by atoms with van der Waals surface area (Å²) in [4.78, 5) is 6.95. The van der Waals surface area contributed by atoms with Crippen molar-refractivity contribution in [3.05, 3.63) is 17.6 Å². The molecule has 0 aliphatic heterocycles. The predicted molar refractivity (Wildman–Crippen MR) is 34.9 cm³/mol. The summed E-state index contributed by atoms with van der Waals surface area (Å²) < 4.78 is 4.76. The van der Waals surface area contributed by atoms with Crippen molar-refractivity contribution < 1.29 is 4.74 Å². The molecule has 0 radical (unpaired) electrons. The van der Waals surface area contributed by atoms with Gasteiger partial charge in [-0.1, -0.05) is 11.3 Å². The highest BCUT2D eigenvalue weighted by Gasteiger charge is 1.97. The van der Waals surface area contributed by atoms with Crippen molar-refractivity contribution in [1.29, 1.82) is 0 Å². The zero-order valence-electron chi connectivity index (χ0n) is 4.79. The molecule has 0 unspecified atom stereocenters. The summed E-state index contributed by atoms with van der Waals surface area (Å²) in [7, 11) is 1.53. The fourth-order valence-electron chi connectivity index (χ4n) is 0.396. The van der Waals surface area contributed by atoms with Gasteiger partial charge in [-0.05, 0) is 0 Å². The van der Waals surface area contributed by atoms with Gasteiger partial charge in [0, 0.05) is 6.20 Å². The van der Waals surface area contributed by atoms with Crippen molar-refractivity contribution in [3.8, 4) is 5.19 Å². The molecule has 46 valence electrons. The maximum atomic E-state index is 6.57. The van der Waals surface area contributed by atoms with Gasteiger partial charge >= 0.3 is 0 Å². The maximum absolute atomic E-state index is 6.57. The van der Waals surface area contributed by atoms with Crippen LogP contribution >= 0.6 is 11.3 Å². The number of hydrogen-bond acceptors (Lipinski definition) is 3. The third kappa shape index (κ3) is 1.18. The minimum absolute atomic E-state index is 0.543. The van der Waals surface area contributed by atoms with Crippen LogP contribution in [0.3, 0.4) is 0 Å². The lowest BCUT2D eigenvalue weighted by atomic mass is 10.9. The third-order valence-corrected chi connectivity index (χ3v) is 1.61. The standard InChI is InChI=1S/C5H4N2OS/c1-6-4-3-7-5(8-2)9-4/h3H,2H3. The van der Waals surface area contributed by atoms with Crippen LogP contribution in [-0.2, 0) is 0 Å². The highest BCUT2D eigenvalue weighted by molar-refractivity contribution is 7.17. The van der Waals surface area contributed by atoms with E-state index in [1.807, 2.05) is 0 Å². The zero-order valence-corrected chi connectivity index (χ0v) is 5.60. The van der Waals surface area contributed by atoms with E-state index >= 15 is 0 Å². The van der Waals surface area contributed by atoms with Crippen LogP contribution in [0.1, 0.15) is 0 Å². The Morgan fingerprint density at radius 2 is 2.67 bits per heavy atom. The second-order valence-electron chi connectivity index (χ2n) is 1.28. The number of methoxy groups -OCH3 is 1. The van der Waals surface area contributed by atoms with Crippen molar-refractivity contribution in [3.63, 3.8) is 0 Å². The summed E-state index contributed by atoms with van der Waals surface area (Å²) in [6.45, 7) is 6.57. The van der Waals surface area contributed by atoms with Crippen molar-refractivity contribution in [2.45, 2.75) is 0 Å². The molecular weight excluding hydrogens is 136 g/mol. The molecule has 0 aliphatic rings. The van der Waals surface area contributed by atoms with E-state index in [1.165, 1.54) is 24.6 Å². The Morgan fingerprint density at radius 3 is 3.00 bits per heavy atom. The maximum Gasteiger partial charge on any atom is 0.263 e. The smallest absolute Gasteiger partial charge is 0.263 e. The zero-order chi connectivity index (χ0) is 6.69. The highest BCUT2D eigenvalue weighted by atomic mass is 32.1. The summed E-state index contributed by atoms with van der Waals surface area (Å²) in [6.07, 6.45) is 1.50. The fourth-order valence-corrected chi connectivity index (χ4v) is 0.915. The minimum atomic E-state index is 0.543. The molecule has 9 heavy (non-hydrogen) atoms. The Kier molecular flexibility index (Phi) is 1.66. The Bertz CT molecular complexity index is 237. The van der Waals surface area contributed by atoms with Crippen LogP contribution < -0.4 is 4.74 Å². The van der Waals surface area contributed by atoms with Crippen molar-refractivity contribution >= 4 is 16.3 Å². The summed E-state index contributed by atoms with van der Waals surface area (Å²) in [5.74, 6) is 0. The molecule has 0 aliphatic carbocycles. The van der Waals surface area contributed by atoms with Crippen LogP contribution in [-0.4, -0.2) is 12.1 Å². The number of rotatable bonds is 1. The second kappa shape index (κ2) is 2.46. The van der Waals surface area contributed by atoms with E-state index in [1.54, 1.807) is 0 Å². The lowest BCUT2D eigenvalue weighted by Crippen LogP contribution is -1.76. The number of hydrogen-bond donors (Lipinski definition) is 0. The first-order valence-corrected chi connectivity index (χ1v) is 3.05. The average Bonchev–Trinajstić information content (AvgIpc) is 2.34. The predicted octanol–water partition coefficient (Wildman–Crippen LogP) is 1.70. The second-order valence-corrected chi connectivity index (χ2v) is 2.25. The number of thiazole rings is 1. The molecule has 1 aromatic heterocycles. The van der Waals surface area contributed by atoms with Crippen LogP contribution in [0.2, 0.25) is 0 Å². The van der Waals surface area contributed by atoms with Gasteiger partial charge in [0.15, 0.2) is 0 Å². The van der Waals surface area contributed by atoms with E-state index in [0.29, 0.717) is 10.2 Å². The summed E-state index contributed by atoms with van der Waals surface area (Å²) in [5, 5.41) is 1.10. The lowest BCUT2D eigenvalue weighted by molar-refractivity contribution is 0.412. The number of aromatic nitrogens is 1. The van der Waals surface area contributed by atoms with E-state index in [0.717, 1.165) is 0 Å². The van der Waals surface area contributed by atoms with Gasteiger partial charge in [-0.15, -0.1) is 0 Å². The summed E-state index contributed by atoms with van der Waals surface area (Å²) >= 11 is 1.25. The van der Waals surface area contributed by atoms with Gasteiger partial charge in [0.25, 0.3) is 10.2 Å². The number of nitrogens with zero attached hydrogens (tertiary/aromatic N) is 2. The van der Waals surface area contributed by atoms with Gasteiger partial charge in [-0.3, -0.25) is 0 Å². The molecular formula is C5H4N2OS. The third-order valence-electron chi connectivity index (χ3n) is 0.757. The average molecular weight is 140 g/mol. The van der Waals surface area contributed by atoms with Crippen molar-refractivity contribution in [2.24, 2.45) is 0 Å². The van der Waals surface area contributed by atoms with Crippen LogP contribution in [0.5, 0.6) is 5.19 Å². The van der Waals surface area contributed by atoms with Gasteiger partial charge in [0.05, 0.1) is 13.7 Å². The molecule has 0 fully saturated rings. The van der Waals surface area contributed by atoms with E-state index in [-0.39, 0.29) is 0 Å². The van der Waals surface area contributed by atoms with Gasteiger partial charge in [0.1, 0.15) is 0 Å². The van der Waals surface area contributed by atoms with Gasteiger partial charge < -0.3 is 4.74 Å². The van der Waals surface area contributed by atoms with E-state index < -0.39 is 0 Å². The molecule has 0 amide bonds. The van der Waals surface area contributed by atoms with Crippen LogP contribution in [0.15, 0.2) is 6.20 Å². The highest BCUT2D eigenvalue weighted by Crippen LogP contribution is 2.26. The molecule has 0 bridgehead atoms. The quantitative estimate of drug-likeness (QED) is 0.555. The molecule has 0 N–H and O–H groups in total. The topological polar surface area (TPSA) is 26.5 Å². The molecule has 4 heteroatoms. The molecule has 1 heterocycles. The van der Waals surface area contributed by atoms with E-state index in [2.05, 4.69) is 9.83 Å². The minimum Gasteiger partial charge on any atom is -0.474 e.